The van der Waals surface area contributed by atoms with Gasteiger partial charge < -0.3 is 5.32 Å². The largest absolute Gasteiger partial charge is 0.309 e. The molecule has 114 valence electrons. The predicted molar refractivity (Wildman–Crippen MR) is 84.3 cm³/mol. The Balaban J connectivity index is 2.54. The molecule has 1 aromatic rings. The minimum Gasteiger partial charge on any atom is -0.309 e. The molecule has 0 saturated heterocycles. The van der Waals surface area contributed by atoms with Gasteiger partial charge in [-0.25, -0.2) is 13.1 Å². The number of rotatable bonds is 9. The lowest BCUT2D eigenvalue weighted by Gasteiger charge is -2.18. The maximum Gasteiger partial charge on any atom is 0.212 e. The summed E-state index contributed by atoms with van der Waals surface area (Å²) in [6.45, 7) is 6.93. The minimum atomic E-state index is -3.14. The first-order chi connectivity index (χ1) is 9.52. The van der Waals surface area contributed by atoms with Gasteiger partial charge in [0, 0.05) is 19.1 Å². The van der Waals surface area contributed by atoms with Crippen molar-refractivity contribution in [2.75, 3.05) is 18.8 Å². The molecule has 0 radical (unpaired) electrons. The van der Waals surface area contributed by atoms with Crippen LogP contribution in [0.2, 0.25) is 0 Å². The van der Waals surface area contributed by atoms with E-state index in [1.165, 1.54) is 11.1 Å². The zero-order valence-electron chi connectivity index (χ0n) is 12.6. The second kappa shape index (κ2) is 8.39. The highest BCUT2D eigenvalue weighted by molar-refractivity contribution is 7.89. The zero-order valence-corrected chi connectivity index (χ0v) is 13.5. The Kier molecular flexibility index (Phi) is 7.19. The molecule has 0 heterocycles. The lowest BCUT2D eigenvalue weighted by Crippen LogP contribution is -2.33. The number of hydrogen-bond donors (Lipinski definition) is 2. The number of benzene rings is 1. The van der Waals surface area contributed by atoms with Crippen LogP contribution in [-0.4, -0.2) is 27.3 Å². The molecule has 0 aromatic heterocycles. The predicted octanol–water partition coefficient (Wildman–Crippen LogP) is 2.23. The van der Waals surface area contributed by atoms with Crippen LogP contribution in [0.25, 0.3) is 0 Å². The van der Waals surface area contributed by atoms with E-state index in [1.54, 1.807) is 6.92 Å². The molecule has 0 aliphatic rings. The van der Waals surface area contributed by atoms with E-state index in [-0.39, 0.29) is 11.8 Å². The molecule has 0 aliphatic carbocycles. The minimum absolute atomic E-state index is 0.115. The highest BCUT2D eigenvalue weighted by Crippen LogP contribution is 2.17. The first kappa shape index (κ1) is 17.1. The fraction of sp³-hybridized carbons (Fsp3) is 0.600. The van der Waals surface area contributed by atoms with Gasteiger partial charge in [-0.05, 0) is 24.0 Å². The van der Waals surface area contributed by atoms with E-state index < -0.39 is 10.0 Å². The molecule has 1 rings (SSSR count). The van der Waals surface area contributed by atoms with Crippen molar-refractivity contribution in [3.63, 3.8) is 0 Å². The lowest BCUT2D eigenvalue weighted by atomic mass is 10.0. The number of hydrogen-bond acceptors (Lipinski definition) is 3. The Labute approximate surface area is 123 Å². The number of sulfonamides is 1. The van der Waals surface area contributed by atoms with Gasteiger partial charge in [0.15, 0.2) is 0 Å². The Morgan fingerprint density at radius 3 is 2.25 bits per heavy atom. The van der Waals surface area contributed by atoms with Gasteiger partial charge in [-0.15, -0.1) is 0 Å². The van der Waals surface area contributed by atoms with Crippen LogP contribution in [0, 0.1) is 0 Å². The molecule has 5 heteroatoms. The first-order valence-electron chi connectivity index (χ1n) is 7.32. The van der Waals surface area contributed by atoms with Crippen molar-refractivity contribution in [2.24, 2.45) is 0 Å². The van der Waals surface area contributed by atoms with Gasteiger partial charge in [0.1, 0.15) is 0 Å². The second-order valence-corrected chi connectivity index (χ2v) is 6.75. The number of nitrogens with one attached hydrogen (secondary N) is 2. The Bertz CT molecular complexity index is 483. The summed E-state index contributed by atoms with van der Waals surface area (Å²) in [6.07, 6.45) is 1.97. The summed E-state index contributed by atoms with van der Waals surface area (Å²) in [4.78, 5) is 0. The van der Waals surface area contributed by atoms with Crippen molar-refractivity contribution in [3.05, 3.63) is 35.4 Å². The molecule has 2 N–H and O–H groups in total. The van der Waals surface area contributed by atoms with Crippen LogP contribution in [0.3, 0.4) is 0 Å². The molecule has 0 bridgehead atoms. The smallest absolute Gasteiger partial charge is 0.212 e. The van der Waals surface area contributed by atoms with Gasteiger partial charge >= 0.3 is 0 Å². The van der Waals surface area contributed by atoms with Gasteiger partial charge in [0.2, 0.25) is 10.0 Å². The summed E-state index contributed by atoms with van der Waals surface area (Å²) < 4.78 is 25.6. The van der Waals surface area contributed by atoms with Crippen LogP contribution in [0.15, 0.2) is 24.3 Å². The highest BCUT2D eigenvalue weighted by Gasteiger charge is 2.12. The van der Waals surface area contributed by atoms with Gasteiger partial charge in [-0.1, -0.05) is 45.0 Å². The van der Waals surface area contributed by atoms with Gasteiger partial charge in [0.25, 0.3) is 0 Å². The fourth-order valence-corrected chi connectivity index (χ4v) is 3.11. The van der Waals surface area contributed by atoms with Crippen molar-refractivity contribution in [1.29, 1.82) is 0 Å². The van der Waals surface area contributed by atoms with Crippen LogP contribution in [-0.2, 0) is 16.4 Å². The summed E-state index contributed by atoms with van der Waals surface area (Å²) >= 11 is 0. The summed E-state index contributed by atoms with van der Waals surface area (Å²) in [6, 6.07) is 8.72. The van der Waals surface area contributed by atoms with Crippen LogP contribution >= 0.6 is 0 Å². The summed E-state index contributed by atoms with van der Waals surface area (Å²) in [5, 5.41) is 3.32. The maximum absolute atomic E-state index is 11.6. The average Bonchev–Trinajstić information content (AvgIpc) is 2.44. The summed E-state index contributed by atoms with van der Waals surface area (Å²) in [5.74, 6) is 0.115. The Hall–Kier alpha value is -0.910. The van der Waals surface area contributed by atoms with E-state index in [1.807, 2.05) is 0 Å². The molecular formula is C15H26N2O2S. The standard InChI is InChI=1S/C15H26N2O2S/c1-4-13-7-9-14(10-8-13)15(5-2)16-11-12-20(18,19)17-6-3/h7-10,15-17H,4-6,11-12H2,1-3H3. The molecule has 1 atom stereocenters. The molecule has 4 nitrogen and oxygen atoms in total. The molecule has 20 heavy (non-hydrogen) atoms. The molecule has 0 amide bonds. The summed E-state index contributed by atoms with van der Waals surface area (Å²) in [7, 11) is -3.14. The molecule has 1 unspecified atom stereocenters. The zero-order chi connectivity index (χ0) is 15.0. The quantitative estimate of drug-likeness (QED) is 0.735. The molecule has 1 aromatic carbocycles. The normalized spacial score (nSPS) is 13.3. The Morgan fingerprint density at radius 1 is 1.10 bits per heavy atom. The highest BCUT2D eigenvalue weighted by atomic mass is 32.2. The third kappa shape index (κ3) is 5.61. The van der Waals surface area contributed by atoms with Crippen molar-refractivity contribution < 1.29 is 8.42 Å². The van der Waals surface area contributed by atoms with Crippen molar-refractivity contribution >= 4 is 10.0 Å². The third-order valence-corrected chi connectivity index (χ3v) is 4.79. The maximum atomic E-state index is 11.6. The van der Waals surface area contributed by atoms with E-state index in [0.29, 0.717) is 13.1 Å². The number of aryl methyl sites for hydroxylation is 1. The molecule has 0 fully saturated rings. The lowest BCUT2D eigenvalue weighted by molar-refractivity contribution is 0.529. The summed E-state index contributed by atoms with van der Waals surface area (Å²) in [5.41, 5.74) is 2.53. The van der Waals surface area contributed by atoms with Crippen LogP contribution < -0.4 is 10.0 Å². The van der Waals surface area contributed by atoms with Gasteiger partial charge in [-0.3, -0.25) is 0 Å². The fourth-order valence-electron chi connectivity index (χ4n) is 2.14. The van der Waals surface area contributed by atoms with E-state index >= 15 is 0 Å². The van der Waals surface area contributed by atoms with E-state index in [2.05, 4.69) is 48.2 Å². The van der Waals surface area contributed by atoms with Crippen LogP contribution in [0.1, 0.15) is 44.4 Å². The van der Waals surface area contributed by atoms with E-state index in [9.17, 15) is 8.42 Å². The third-order valence-electron chi connectivity index (χ3n) is 3.32. The molecular weight excluding hydrogens is 272 g/mol. The van der Waals surface area contributed by atoms with Gasteiger partial charge in [-0.2, -0.15) is 0 Å². The van der Waals surface area contributed by atoms with Crippen molar-refractivity contribution in [1.82, 2.24) is 10.0 Å². The van der Waals surface area contributed by atoms with Crippen LogP contribution in [0.5, 0.6) is 0 Å². The topological polar surface area (TPSA) is 58.2 Å². The molecule has 0 aliphatic heterocycles. The second-order valence-electron chi connectivity index (χ2n) is 4.83. The van der Waals surface area contributed by atoms with E-state index in [0.717, 1.165) is 12.8 Å². The van der Waals surface area contributed by atoms with Crippen molar-refractivity contribution in [3.8, 4) is 0 Å². The van der Waals surface area contributed by atoms with Gasteiger partial charge in [0.05, 0.1) is 5.75 Å². The SMILES string of the molecule is CCNS(=O)(=O)CCNC(CC)c1ccc(CC)cc1. The van der Waals surface area contributed by atoms with Crippen LogP contribution in [0.4, 0.5) is 0 Å². The molecule has 0 spiro atoms. The van der Waals surface area contributed by atoms with Crippen molar-refractivity contribution in [2.45, 2.75) is 39.7 Å². The molecule has 0 saturated carbocycles. The van der Waals surface area contributed by atoms with E-state index in [4.69, 9.17) is 0 Å². The average molecular weight is 298 g/mol. The first-order valence-corrected chi connectivity index (χ1v) is 8.97. The Morgan fingerprint density at radius 2 is 1.75 bits per heavy atom. The monoisotopic (exact) mass is 298 g/mol.